The topological polar surface area (TPSA) is 177 Å². The van der Waals surface area contributed by atoms with Crippen molar-refractivity contribution in [1.82, 2.24) is 4.90 Å². The molecule has 13 heteroatoms. The third-order valence-electron chi connectivity index (χ3n) is 11.9. The van der Waals surface area contributed by atoms with Gasteiger partial charge in [0.15, 0.2) is 12.6 Å². The molecule has 0 bridgehead atoms. The minimum atomic E-state index is -1.79. The van der Waals surface area contributed by atoms with Gasteiger partial charge in [0.1, 0.15) is 30.0 Å². The number of ether oxygens (including phenoxy) is 6. The number of carbonyl (C=O) groups excluding carboxylic acids is 1. The maximum atomic E-state index is 14.1. The summed E-state index contributed by atoms with van der Waals surface area (Å²) < 4.78 is 37.3. The summed E-state index contributed by atoms with van der Waals surface area (Å²) in [7, 11) is 3.35. The highest BCUT2D eigenvalue weighted by atomic mass is 16.7. The molecule has 0 radical (unpaired) electrons. The number of nitrogens with zero attached hydrogens (tertiary/aromatic N) is 1. The molecule has 0 saturated carbocycles. The van der Waals surface area contributed by atoms with Crippen molar-refractivity contribution in [2.75, 3.05) is 20.7 Å². The van der Waals surface area contributed by atoms with E-state index in [1.54, 1.807) is 41.5 Å². The summed E-state index contributed by atoms with van der Waals surface area (Å²) in [4.78, 5) is 16.0. The number of esters is 1. The van der Waals surface area contributed by atoms with Crippen LogP contribution in [0.4, 0.5) is 0 Å². The molecular formula is C37H69NO12. The van der Waals surface area contributed by atoms with Gasteiger partial charge in [-0.15, -0.1) is 0 Å². The standard InChI is InChI=1S/C37H69NO12/c1-14-26-37(11,44)30(40)24(7)38(12)18-19(2)16-35(9,43)32(50-34-28(39)20(3)15-21(4)46-34)22(5)29(23(6)33(42)48-26)49-27-17-36(10,45-13)31(41)25(8)47-27/h19-32,34,39-41,43-44H,14-18H2,1-13H3/t19-,20?,21-,22+,23-,24-,25+,26-,27+,28-,29+,30-,31+,32-,34+,35-,36-,37-/m1/s1. The lowest BCUT2D eigenvalue weighted by Crippen LogP contribution is -2.59. The van der Waals surface area contributed by atoms with Gasteiger partial charge >= 0.3 is 5.97 Å². The van der Waals surface area contributed by atoms with Gasteiger partial charge in [0, 0.05) is 32.0 Å². The van der Waals surface area contributed by atoms with Crippen LogP contribution >= 0.6 is 0 Å². The second kappa shape index (κ2) is 17.0. The first-order valence-electron chi connectivity index (χ1n) is 18.6. The van der Waals surface area contributed by atoms with Crippen LogP contribution in [-0.4, -0.2) is 141 Å². The zero-order valence-electron chi connectivity index (χ0n) is 32.7. The van der Waals surface area contributed by atoms with Gasteiger partial charge < -0.3 is 58.9 Å². The molecule has 1 unspecified atom stereocenters. The molecule has 0 aromatic heterocycles. The van der Waals surface area contributed by atoms with Gasteiger partial charge in [-0.05, 0) is 86.6 Å². The van der Waals surface area contributed by atoms with Gasteiger partial charge in [-0.3, -0.25) is 4.79 Å². The molecule has 3 aliphatic rings. The van der Waals surface area contributed by atoms with E-state index in [0.29, 0.717) is 13.0 Å². The van der Waals surface area contributed by atoms with Crippen LogP contribution in [0.2, 0.25) is 0 Å². The predicted molar refractivity (Wildman–Crippen MR) is 186 cm³/mol. The van der Waals surface area contributed by atoms with Crippen molar-refractivity contribution in [3.8, 4) is 0 Å². The highest BCUT2D eigenvalue weighted by molar-refractivity contribution is 5.73. The summed E-state index contributed by atoms with van der Waals surface area (Å²) in [6.45, 7) is 20.0. The smallest absolute Gasteiger partial charge is 0.311 e. The largest absolute Gasteiger partial charge is 0.459 e. The lowest BCUT2D eigenvalue weighted by atomic mass is 9.77. The van der Waals surface area contributed by atoms with Gasteiger partial charge in [0.05, 0.1) is 41.5 Å². The Morgan fingerprint density at radius 2 is 1.54 bits per heavy atom. The molecule has 3 rings (SSSR count). The maximum absolute atomic E-state index is 14.1. The van der Waals surface area contributed by atoms with Gasteiger partial charge in [0.2, 0.25) is 0 Å². The molecule has 0 aliphatic carbocycles. The molecule has 5 N–H and O–H groups in total. The third-order valence-corrected chi connectivity index (χ3v) is 11.9. The van der Waals surface area contributed by atoms with Crippen LogP contribution in [0.3, 0.4) is 0 Å². The Morgan fingerprint density at radius 3 is 2.12 bits per heavy atom. The van der Waals surface area contributed by atoms with Crippen LogP contribution < -0.4 is 0 Å². The molecule has 18 atom stereocenters. The fourth-order valence-electron chi connectivity index (χ4n) is 8.49. The lowest BCUT2D eigenvalue weighted by molar-refractivity contribution is -0.317. The van der Waals surface area contributed by atoms with Crippen molar-refractivity contribution in [2.24, 2.45) is 23.7 Å². The van der Waals surface area contributed by atoms with E-state index in [9.17, 15) is 30.3 Å². The fourth-order valence-corrected chi connectivity index (χ4v) is 8.49. The Kier molecular flexibility index (Phi) is 14.8. The maximum Gasteiger partial charge on any atom is 0.311 e. The molecule has 3 aliphatic heterocycles. The van der Waals surface area contributed by atoms with Gasteiger partial charge in [-0.25, -0.2) is 0 Å². The number of likely N-dealkylation sites (N-methyl/N-ethyl adjacent to an activating group) is 1. The molecule has 50 heavy (non-hydrogen) atoms. The van der Waals surface area contributed by atoms with E-state index in [1.165, 1.54) is 14.0 Å². The Balaban J connectivity index is 2.16. The number of hydrogen-bond donors (Lipinski definition) is 5. The number of aliphatic hydroxyl groups is 5. The second-order valence-corrected chi connectivity index (χ2v) is 16.6. The van der Waals surface area contributed by atoms with E-state index in [-0.39, 0.29) is 37.2 Å². The number of aliphatic hydroxyl groups excluding tert-OH is 3. The van der Waals surface area contributed by atoms with E-state index in [1.807, 2.05) is 39.6 Å². The van der Waals surface area contributed by atoms with E-state index in [2.05, 4.69) is 0 Å². The van der Waals surface area contributed by atoms with Crippen molar-refractivity contribution in [3.05, 3.63) is 0 Å². The van der Waals surface area contributed by atoms with Crippen molar-refractivity contribution >= 4 is 5.97 Å². The number of hydrogen-bond acceptors (Lipinski definition) is 13. The predicted octanol–water partition coefficient (Wildman–Crippen LogP) is 2.61. The first-order chi connectivity index (χ1) is 23.0. The normalized spacial score (nSPS) is 51.0. The molecule has 0 aromatic carbocycles. The monoisotopic (exact) mass is 719 g/mol. The van der Waals surface area contributed by atoms with Gasteiger partial charge in [-0.1, -0.05) is 27.7 Å². The highest BCUT2D eigenvalue weighted by Crippen LogP contribution is 2.40. The van der Waals surface area contributed by atoms with Crippen molar-refractivity contribution in [2.45, 2.75) is 186 Å². The summed E-state index contributed by atoms with van der Waals surface area (Å²) in [5.74, 6) is -2.65. The molecule has 3 fully saturated rings. The van der Waals surface area contributed by atoms with Crippen molar-refractivity contribution < 1.29 is 58.7 Å². The number of carbonyl (C=O) groups is 1. The Bertz CT molecular complexity index is 1090. The van der Waals surface area contributed by atoms with Crippen LogP contribution in [-0.2, 0) is 33.2 Å². The van der Waals surface area contributed by atoms with E-state index in [0.717, 1.165) is 0 Å². The highest BCUT2D eigenvalue weighted by Gasteiger charge is 2.52. The van der Waals surface area contributed by atoms with Crippen LogP contribution in [0, 0.1) is 23.7 Å². The lowest BCUT2D eigenvalue weighted by Gasteiger charge is -2.48. The Hall–Kier alpha value is -0.970. The molecular weight excluding hydrogens is 650 g/mol. The molecule has 0 spiro atoms. The van der Waals surface area contributed by atoms with Crippen molar-refractivity contribution in [3.63, 3.8) is 0 Å². The van der Waals surface area contributed by atoms with E-state index < -0.39 is 96.0 Å². The summed E-state index contributed by atoms with van der Waals surface area (Å²) in [6.07, 6.45) is -7.83. The zero-order chi connectivity index (χ0) is 38.1. The Morgan fingerprint density at radius 1 is 0.920 bits per heavy atom. The second-order valence-electron chi connectivity index (χ2n) is 16.6. The van der Waals surface area contributed by atoms with E-state index >= 15 is 0 Å². The SMILES string of the molecule is CC[C@H]1OC(=O)[C@H](C)[C@@H](O[C@H]2C[C@@](C)(OC)[C@@H](O)[C@H](C)O2)[C@H](C)[C@@H](O[C@@H]2O[C@H](C)CC(C)[C@H]2O)[C@](C)(O)C[C@@H](C)CN(C)[C@H](C)[C@@H](O)[C@]1(C)O. The first kappa shape index (κ1) is 43.4. The molecule has 3 heterocycles. The van der Waals surface area contributed by atoms with Gasteiger partial charge in [0.25, 0.3) is 0 Å². The molecule has 3 saturated heterocycles. The molecule has 13 nitrogen and oxygen atoms in total. The van der Waals surface area contributed by atoms with Crippen LogP contribution in [0.15, 0.2) is 0 Å². The minimum absolute atomic E-state index is 0.123. The number of cyclic esters (lactones) is 1. The summed E-state index contributed by atoms with van der Waals surface area (Å²) in [5.41, 5.74) is -4.33. The zero-order valence-corrected chi connectivity index (χ0v) is 32.7. The summed E-state index contributed by atoms with van der Waals surface area (Å²) in [6, 6.07) is -0.528. The first-order valence-corrected chi connectivity index (χ1v) is 18.6. The fraction of sp³-hybridized carbons (Fsp3) is 0.973. The average Bonchev–Trinajstić information content (AvgIpc) is 3.03. The third kappa shape index (κ3) is 9.57. The number of rotatable bonds is 6. The van der Waals surface area contributed by atoms with E-state index in [4.69, 9.17) is 28.4 Å². The Labute approximate surface area is 299 Å². The molecule has 294 valence electrons. The average molecular weight is 720 g/mol. The van der Waals surface area contributed by atoms with Gasteiger partial charge in [-0.2, -0.15) is 0 Å². The number of methoxy groups -OCH3 is 1. The van der Waals surface area contributed by atoms with Crippen LogP contribution in [0.25, 0.3) is 0 Å². The summed E-state index contributed by atoms with van der Waals surface area (Å²) in [5, 5.41) is 57.6. The molecule has 0 amide bonds. The molecule has 0 aromatic rings. The van der Waals surface area contributed by atoms with Crippen LogP contribution in [0.5, 0.6) is 0 Å². The van der Waals surface area contributed by atoms with Crippen LogP contribution in [0.1, 0.15) is 102 Å². The summed E-state index contributed by atoms with van der Waals surface area (Å²) >= 11 is 0. The van der Waals surface area contributed by atoms with Crippen molar-refractivity contribution in [1.29, 1.82) is 0 Å². The minimum Gasteiger partial charge on any atom is -0.459 e. The quantitative estimate of drug-likeness (QED) is 0.254.